The van der Waals surface area contributed by atoms with Gasteiger partial charge >= 0.3 is 0 Å². The molecule has 0 heterocycles. The molecule has 19 heavy (non-hydrogen) atoms. The number of thioether (sulfide) groups is 1. The summed E-state index contributed by atoms with van der Waals surface area (Å²) in [6, 6.07) is 13.7. The summed E-state index contributed by atoms with van der Waals surface area (Å²) in [7, 11) is 0. The first-order valence-electron chi connectivity index (χ1n) is 5.61. The second-order valence-corrected chi connectivity index (χ2v) is 5.61. The number of halogens is 1. The van der Waals surface area contributed by atoms with E-state index in [1.807, 2.05) is 30.5 Å². The Morgan fingerprint density at radius 2 is 2.00 bits per heavy atom. The third kappa shape index (κ3) is 3.41. The first-order chi connectivity index (χ1) is 9.11. The van der Waals surface area contributed by atoms with Crippen molar-refractivity contribution < 1.29 is 0 Å². The Balaban J connectivity index is 2.38. The molecule has 0 saturated heterocycles. The van der Waals surface area contributed by atoms with E-state index in [0.717, 1.165) is 11.4 Å². The fourth-order valence-electron chi connectivity index (χ4n) is 1.74. The van der Waals surface area contributed by atoms with Gasteiger partial charge in [0.25, 0.3) is 0 Å². The first kappa shape index (κ1) is 14.2. The number of hydrogen-bond donors (Lipinski definition) is 2. The summed E-state index contributed by atoms with van der Waals surface area (Å²) in [6.07, 6.45) is 2.04. The van der Waals surface area contributed by atoms with Crippen LogP contribution < -0.4 is 11.1 Å². The minimum absolute atomic E-state index is 0.286. The summed E-state index contributed by atoms with van der Waals surface area (Å²) in [4.78, 5) is 1.47. The van der Waals surface area contributed by atoms with Crippen LogP contribution in [0.4, 0.5) is 11.4 Å². The molecule has 0 aliphatic rings. The molecule has 0 aliphatic heterocycles. The summed E-state index contributed by atoms with van der Waals surface area (Å²) in [5.41, 5.74) is 8.20. The lowest BCUT2D eigenvalue weighted by atomic mass is 10.1. The van der Waals surface area contributed by atoms with Gasteiger partial charge in [-0.1, -0.05) is 36.0 Å². The molecule has 2 aromatic rings. The second-order valence-electron chi connectivity index (χ2n) is 3.88. The topological polar surface area (TPSA) is 38.0 Å². The van der Waals surface area contributed by atoms with E-state index in [1.54, 1.807) is 17.8 Å². The lowest BCUT2D eigenvalue weighted by Gasteiger charge is -2.13. The molecular weight excluding hydrogens is 296 g/mol. The van der Waals surface area contributed by atoms with Gasteiger partial charge in [0.15, 0.2) is 0 Å². The molecule has 0 aliphatic carbocycles. The van der Waals surface area contributed by atoms with Crippen LogP contribution in [0, 0.1) is 0 Å². The van der Waals surface area contributed by atoms with Gasteiger partial charge in [-0.2, -0.15) is 0 Å². The minimum atomic E-state index is 0.286. The maximum absolute atomic E-state index is 6.14. The van der Waals surface area contributed by atoms with Gasteiger partial charge in [-0.15, -0.1) is 11.8 Å². The van der Waals surface area contributed by atoms with Crippen molar-refractivity contribution in [3.63, 3.8) is 0 Å². The molecule has 0 atom stereocenters. The highest BCUT2D eigenvalue weighted by Gasteiger charge is 2.09. The van der Waals surface area contributed by atoms with Crippen LogP contribution in [0.5, 0.6) is 0 Å². The predicted octanol–water partition coefficient (Wildman–Crippen LogP) is 4.44. The minimum Gasteiger partial charge on any atom is -0.389 e. The summed E-state index contributed by atoms with van der Waals surface area (Å²) in [5, 5.41) is 3.86. The summed E-state index contributed by atoms with van der Waals surface area (Å²) >= 11 is 12.9. The van der Waals surface area contributed by atoms with Gasteiger partial charge in [0.1, 0.15) is 4.99 Å². The van der Waals surface area contributed by atoms with Crippen molar-refractivity contribution in [3.8, 4) is 0 Å². The van der Waals surface area contributed by atoms with Crippen molar-refractivity contribution in [1.82, 2.24) is 0 Å². The van der Waals surface area contributed by atoms with E-state index in [2.05, 4.69) is 17.4 Å². The fraction of sp³-hybridized carbons (Fsp3) is 0.0714. The van der Waals surface area contributed by atoms with E-state index in [9.17, 15) is 0 Å². The Bertz CT molecular complexity index is 614. The highest BCUT2D eigenvalue weighted by atomic mass is 35.5. The van der Waals surface area contributed by atoms with Crippen LogP contribution in [0.1, 0.15) is 5.56 Å². The molecule has 0 aromatic heterocycles. The molecular formula is C14H13ClN2S2. The van der Waals surface area contributed by atoms with Crippen molar-refractivity contribution >= 4 is 51.9 Å². The Labute approximate surface area is 127 Å². The molecule has 0 fully saturated rings. The largest absolute Gasteiger partial charge is 0.389 e. The van der Waals surface area contributed by atoms with E-state index < -0.39 is 0 Å². The smallest absolute Gasteiger partial charge is 0.107 e. The van der Waals surface area contributed by atoms with Gasteiger partial charge < -0.3 is 11.1 Å². The van der Waals surface area contributed by atoms with Crippen LogP contribution >= 0.6 is 35.6 Å². The average Bonchev–Trinajstić information content (AvgIpc) is 2.38. The van der Waals surface area contributed by atoms with Crippen LogP contribution in [0.15, 0.2) is 47.4 Å². The first-order valence-corrected chi connectivity index (χ1v) is 7.62. The Morgan fingerprint density at radius 1 is 1.26 bits per heavy atom. The number of nitrogens with two attached hydrogens (primary N) is 1. The number of anilines is 2. The maximum Gasteiger partial charge on any atom is 0.107 e. The normalized spacial score (nSPS) is 10.2. The standard InChI is InChI=1S/C14H13ClN2S2/c1-19-10-5-2-4-9(8-10)17-12-7-3-6-11(15)13(12)14(16)18/h2-8,17H,1H3,(H2,16,18). The predicted molar refractivity (Wildman–Crippen MR) is 88.8 cm³/mol. The molecule has 0 radical (unpaired) electrons. The van der Waals surface area contributed by atoms with E-state index in [4.69, 9.17) is 29.6 Å². The zero-order valence-electron chi connectivity index (χ0n) is 10.3. The van der Waals surface area contributed by atoms with E-state index in [-0.39, 0.29) is 4.99 Å². The number of nitrogens with one attached hydrogen (secondary N) is 1. The second kappa shape index (κ2) is 6.28. The number of benzene rings is 2. The van der Waals surface area contributed by atoms with E-state index in [0.29, 0.717) is 10.6 Å². The van der Waals surface area contributed by atoms with Crippen LogP contribution in [0.25, 0.3) is 0 Å². The summed E-state index contributed by atoms with van der Waals surface area (Å²) in [5.74, 6) is 0. The molecule has 5 heteroatoms. The van der Waals surface area contributed by atoms with Gasteiger partial charge in [-0.05, 0) is 36.6 Å². The molecule has 2 nitrogen and oxygen atoms in total. The Morgan fingerprint density at radius 3 is 2.68 bits per heavy atom. The highest BCUT2D eigenvalue weighted by Crippen LogP contribution is 2.28. The maximum atomic E-state index is 6.14. The van der Waals surface area contributed by atoms with Crippen molar-refractivity contribution in [2.75, 3.05) is 11.6 Å². The molecule has 98 valence electrons. The molecule has 3 N–H and O–H groups in total. The van der Waals surface area contributed by atoms with E-state index in [1.165, 1.54) is 4.90 Å². The van der Waals surface area contributed by atoms with Crippen molar-refractivity contribution in [1.29, 1.82) is 0 Å². The molecule has 0 amide bonds. The SMILES string of the molecule is CSc1cccc(Nc2cccc(Cl)c2C(N)=S)c1. The zero-order chi connectivity index (χ0) is 13.8. The Kier molecular flexibility index (Phi) is 4.69. The highest BCUT2D eigenvalue weighted by molar-refractivity contribution is 7.98. The molecule has 2 aromatic carbocycles. The summed E-state index contributed by atoms with van der Waals surface area (Å²) < 4.78 is 0. The Hall–Kier alpha value is -1.23. The monoisotopic (exact) mass is 308 g/mol. The molecule has 0 unspecified atom stereocenters. The van der Waals surface area contributed by atoms with Gasteiger partial charge in [-0.25, -0.2) is 0 Å². The van der Waals surface area contributed by atoms with Gasteiger partial charge in [0, 0.05) is 10.6 Å². The number of rotatable bonds is 4. The van der Waals surface area contributed by atoms with Gasteiger partial charge in [0.2, 0.25) is 0 Å². The third-order valence-corrected chi connectivity index (χ3v) is 3.85. The van der Waals surface area contributed by atoms with Crippen LogP contribution in [-0.2, 0) is 0 Å². The zero-order valence-corrected chi connectivity index (χ0v) is 12.7. The molecule has 0 spiro atoms. The van der Waals surface area contributed by atoms with E-state index >= 15 is 0 Å². The van der Waals surface area contributed by atoms with Crippen LogP contribution in [0.3, 0.4) is 0 Å². The lowest BCUT2D eigenvalue weighted by molar-refractivity contribution is 1.43. The van der Waals surface area contributed by atoms with Crippen LogP contribution in [-0.4, -0.2) is 11.2 Å². The molecule has 0 saturated carbocycles. The van der Waals surface area contributed by atoms with Crippen LogP contribution in [0.2, 0.25) is 5.02 Å². The third-order valence-electron chi connectivity index (χ3n) is 2.61. The number of thiocarbonyl (C=S) groups is 1. The molecule has 2 rings (SSSR count). The average molecular weight is 309 g/mol. The molecule has 0 bridgehead atoms. The van der Waals surface area contributed by atoms with Gasteiger partial charge in [-0.3, -0.25) is 0 Å². The van der Waals surface area contributed by atoms with Crippen molar-refractivity contribution in [2.24, 2.45) is 5.73 Å². The lowest BCUT2D eigenvalue weighted by Crippen LogP contribution is -2.12. The van der Waals surface area contributed by atoms with Crippen molar-refractivity contribution in [2.45, 2.75) is 4.90 Å². The fourth-order valence-corrected chi connectivity index (χ4v) is 2.75. The number of hydrogen-bond acceptors (Lipinski definition) is 3. The summed E-state index contributed by atoms with van der Waals surface area (Å²) in [6.45, 7) is 0. The quantitative estimate of drug-likeness (QED) is 0.647. The van der Waals surface area contributed by atoms with Crippen molar-refractivity contribution in [3.05, 3.63) is 53.1 Å². The van der Waals surface area contributed by atoms with Gasteiger partial charge in [0.05, 0.1) is 16.3 Å².